The van der Waals surface area contributed by atoms with Crippen LogP contribution in [0.2, 0.25) is 0 Å². The van der Waals surface area contributed by atoms with Crippen molar-refractivity contribution < 1.29 is 33.1 Å². The van der Waals surface area contributed by atoms with Gasteiger partial charge in [-0.1, -0.05) is 37.3 Å². The summed E-state index contributed by atoms with van der Waals surface area (Å²) in [6.45, 7) is 8.88. The van der Waals surface area contributed by atoms with Gasteiger partial charge in [0, 0.05) is 18.3 Å². The molecule has 2 aromatic heterocycles. The number of anilines is 1. The molecule has 1 atom stereocenters. The molecule has 0 amide bonds. The fraction of sp³-hybridized carbons (Fsp3) is 0.387. The number of hydrogen-bond acceptors (Lipinski definition) is 9. The second-order valence-corrected chi connectivity index (χ2v) is 13.9. The van der Waals surface area contributed by atoms with Crippen molar-refractivity contribution in [2.45, 2.75) is 62.9 Å². The Morgan fingerprint density at radius 1 is 1.09 bits per heavy atom. The van der Waals surface area contributed by atoms with Gasteiger partial charge in [0.15, 0.2) is 5.65 Å². The molecule has 3 N–H and O–H groups in total. The quantitative estimate of drug-likeness (QED) is 0.220. The Labute approximate surface area is 261 Å². The number of allylic oxidation sites excluding steroid dienone is 2. The molecule has 1 saturated carbocycles. The lowest BCUT2D eigenvalue weighted by Gasteiger charge is -2.42. The molecule has 1 fully saturated rings. The van der Waals surface area contributed by atoms with Crippen molar-refractivity contribution >= 4 is 44.4 Å². The highest BCUT2D eigenvalue weighted by Gasteiger charge is 2.39. The summed E-state index contributed by atoms with van der Waals surface area (Å²) >= 11 is 0. The van der Waals surface area contributed by atoms with Crippen LogP contribution in [-0.2, 0) is 19.6 Å². The fourth-order valence-electron chi connectivity index (χ4n) is 5.16. The van der Waals surface area contributed by atoms with Gasteiger partial charge in [-0.05, 0) is 70.5 Å². The van der Waals surface area contributed by atoms with Crippen molar-refractivity contribution in [1.82, 2.24) is 13.9 Å². The molecule has 3 heterocycles. The lowest BCUT2D eigenvalue weighted by molar-refractivity contribution is -0.384. The first-order valence-electron chi connectivity index (χ1n) is 14.4. The SMILES string of the molecule is CCC1(Nc2c([N+](=O)[O-])cnc3c2ccn3S(=O)(=O)c2ccccc2)C=CC=CN(C(C)(C)C)C1.O=C(O)C1CC(C(=O)O)C1. The third-order valence-electron chi connectivity index (χ3n) is 8.11. The lowest BCUT2D eigenvalue weighted by Crippen LogP contribution is -2.50. The van der Waals surface area contributed by atoms with Crippen LogP contribution >= 0.6 is 0 Å². The number of aromatic nitrogens is 2. The minimum atomic E-state index is -3.94. The standard InChI is InChI=1S/C25H29N5O4S.C6H8O4/c1-5-25(14-9-10-15-28(18-25)24(2,3)4)27-22-20-13-16-29(23(20)26-17-21(22)30(31)32)35(33,34)19-11-7-6-8-12-19;7-5(8)3-1-4(2-3)6(9)10/h6-17H,5,18H2,1-4H3,(H,26,27);3-4H,1-2H2,(H,7,8)(H,9,10). The van der Waals surface area contributed by atoms with Crippen LogP contribution in [0.4, 0.5) is 11.4 Å². The van der Waals surface area contributed by atoms with E-state index < -0.39 is 44.3 Å². The van der Waals surface area contributed by atoms with Crippen molar-refractivity contribution in [3.63, 3.8) is 0 Å². The van der Waals surface area contributed by atoms with Crippen molar-refractivity contribution in [3.05, 3.63) is 83.3 Å². The highest BCUT2D eigenvalue weighted by Crippen LogP contribution is 2.38. The van der Waals surface area contributed by atoms with Crippen LogP contribution in [0.5, 0.6) is 0 Å². The number of hydrogen-bond donors (Lipinski definition) is 3. The zero-order valence-electron chi connectivity index (χ0n) is 25.5. The lowest BCUT2D eigenvalue weighted by atomic mass is 9.75. The summed E-state index contributed by atoms with van der Waals surface area (Å²) in [5.74, 6) is -2.59. The van der Waals surface area contributed by atoms with Gasteiger partial charge in [0.05, 0.1) is 32.6 Å². The minimum absolute atomic E-state index is 0.107. The molecule has 1 aliphatic heterocycles. The molecule has 240 valence electrons. The van der Waals surface area contributed by atoms with E-state index in [0.717, 1.165) is 10.2 Å². The molecule has 13 nitrogen and oxygen atoms in total. The van der Waals surface area contributed by atoms with Crippen LogP contribution in [0.25, 0.3) is 11.0 Å². The van der Waals surface area contributed by atoms with Crippen molar-refractivity contribution in [3.8, 4) is 0 Å². The van der Waals surface area contributed by atoms with E-state index in [1.165, 1.54) is 18.3 Å². The number of nitrogens with one attached hydrogen (secondary N) is 1. The molecular weight excluding hydrogens is 602 g/mol. The predicted molar refractivity (Wildman–Crippen MR) is 168 cm³/mol. The molecule has 2 aliphatic rings. The van der Waals surface area contributed by atoms with Crippen LogP contribution in [0.15, 0.2) is 78.1 Å². The number of aliphatic carboxylic acids is 2. The van der Waals surface area contributed by atoms with Crippen LogP contribution < -0.4 is 5.32 Å². The predicted octanol–water partition coefficient (Wildman–Crippen LogP) is 5.11. The number of pyridine rings is 1. The van der Waals surface area contributed by atoms with Gasteiger partial charge < -0.3 is 20.4 Å². The van der Waals surface area contributed by atoms with Crippen LogP contribution in [0.1, 0.15) is 47.0 Å². The molecule has 0 saturated heterocycles. The van der Waals surface area contributed by atoms with Gasteiger partial charge in [0.1, 0.15) is 11.9 Å². The summed E-state index contributed by atoms with van der Waals surface area (Å²) in [4.78, 5) is 38.3. The Morgan fingerprint density at radius 2 is 1.71 bits per heavy atom. The molecule has 45 heavy (non-hydrogen) atoms. The Balaban J connectivity index is 0.000000392. The third-order valence-corrected chi connectivity index (χ3v) is 9.79. The maximum atomic E-state index is 13.3. The molecular formula is C31H37N5O8S. The van der Waals surface area contributed by atoms with Crippen LogP contribution in [0.3, 0.4) is 0 Å². The second kappa shape index (κ2) is 12.7. The molecule has 0 spiro atoms. The molecule has 14 heteroatoms. The van der Waals surface area contributed by atoms with Gasteiger partial charge in [0.25, 0.3) is 10.0 Å². The summed E-state index contributed by atoms with van der Waals surface area (Å²) in [6.07, 6.45) is 11.6. The van der Waals surface area contributed by atoms with Gasteiger partial charge in [0.2, 0.25) is 0 Å². The van der Waals surface area contributed by atoms with E-state index in [4.69, 9.17) is 10.2 Å². The smallest absolute Gasteiger partial charge is 0.311 e. The summed E-state index contributed by atoms with van der Waals surface area (Å²) < 4.78 is 27.6. The number of nitro groups is 1. The molecule has 1 aromatic carbocycles. The maximum Gasteiger partial charge on any atom is 0.311 e. The zero-order valence-corrected chi connectivity index (χ0v) is 26.3. The van der Waals surface area contributed by atoms with E-state index >= 15 is 0 Å². The van der Waals surface area contributed by atoms with Crippen molar-refractivity contribution in [2.24, 2.45) is 11.8 Å². The Bertz CT molecular complexity index is 1740. The maximum absolute atomic E-state index is 13.3. The zero-order chi connectivity index (χ0) is 33.2. The normalized spacial score (nSPS) is 21.3. The second-order valence-electron chi connectivity index (χ2n) is 12.1. The number of rotatable bonds is 8. The Kier molecular flexibility index (Phi) is 9.38. The molecule has 5 rings (SSSR count). The van der Waals surface area contributed by atoms with Gasteiger partial charge >= 0.3 is 17.6 Å². The van der Waals surface area contributed by atoms with Gasteiger partial charge in [-0.25, -0.2) is 17.4 Å². The van der Waals surface area contributed by atoms with E-state index in [-0.39, 0.29) is 27.5 Å². The molecule has 1 aliphatic carbocycles. The average molecular weight is 640 g/mol. The number of carbonyl (C=O) groups is 2. The minimum Gasteiger partial charge on any atom is -0.481 e. The van der Waals surface area contributed by atoms with E-state index in [9.17, 15) is 28.1 Å². The molecule has 0 radical (unpaired) electrons. The van der Waals surface area contributed by atoms with Crippen molar-refractivity contribution in [1.29, 1.82) is 0 Å². The highest BCUT2D eigenvalue weighted by atomic mass is 32.2. The largest absolute Gasteiger partial charge is 0.481 e. The van der Waals surface area contributed by atoms with E-state index in [0.29, 0.717) is 31.2 Å². The first-order chi connectivity index (χ1) is 21.1. The van der Waals surface area contributed by atoms with Gasteiger partial charge in [-0.3, -0.25) is 19.7 Å². The number of nitrogens with zero attached hydrogens (tertiary/aromatic N) is 4. The number of benzene rings is 1. The Hall–Kier alpha value is -4.72. The topological polar surface area (TPSA) is 185 Å². The number of fused-ring (bicyclic) bond motifs is 1. The monoisotopic (exact) mass is 639 g/mol. The number of carboxylic acids is 2. The van der Waals surface area contributed by atoms with Gasteiger partial charge in [-0.2, -0.15) is 0 Å². The van der Waals surface area contributed by atoms with E-state index in [1.807, 2.05) is 31.4 Å². The molecule has 1 unspecified atom stereocenters. The summed E-state index contributed by atoms with van der Waals surface area (Å²) in [6, 6.07) is 9.58. The van der Waals surface area contributed by atoms with E-state index in [1.54, 1.807) is 24.3 Å². The highest BCUT2D eigenvalue weighted by molar-refractivity contribution is 7.90. The van der Waals surface area contributed by atoms with Crippen LogP contribution in [-0.4, -0.2) is 67.0 Å². The first-order valence-corrected chi connectivity index (χ1v) is 15.9. The fourth-order valence-corrected chi connectivity index (χ4v) is 6.48. The summed E-state index contributed by atoms with van der Waals surface area (Å²) in [5.41, 5.74) is -0.665. The van der Waals surface area contributed by atoms with E-state index in [2.05, 4.69) is 36.0 Å². The van der Waals surface area contributed by atoms with Gasteiger partial charge in [-0.15, -0.1) is 0 Å². The molecule has 0 bridgehead atoms. The third kappa shape index (κ3) is 7.00. The van der Waals surface area contributed by atoms with Crippen molar-refractivity contribution in [2.75, 3.05) is 11.9 Å². The first kappa shape index (κ1) is 33.2. The Morgan fingerprint density at radius 3 is 2.24 bits per heavy atom. The summed E-state index contributed by atoms with van der Waals surface area (Å²) in [5, 5.41) is 32.4. The summed E-state index contributed by atoms with van der Waals surface area (Å²) in [7, 11) is -3.94. The van der Waals surface area contributed by atoms with Crippen LogP contribution in [0, 0.1) is 22.0 Å². The molecule has 3 aromatic rings. The average Bonchev–Trinajstić information content (AvgIpc) is 3.27. The number of carboxylic acid groups (broad SMARTS) is 2.